The minimum Gasteiger partial charge on any atom is -0.507 e. The van der Waals surface area contributed by atoms with E-state index >= 15 is 0 Å². The number of likely N-dealkylation sites (tertiary alicyclic amines) is 1. The van der Waals surface area contributed by atoms with Crippen LogP contribution < -0.4 is 15.4 Å². The molecule has 1 aliphatic carbocycles. The smallest absolute Gasteiger partial charge is 0.315 e. The molecule has 1 spiro atoms. The number of amides is 2. The van der Waals surface area contributed by atoms with E-state index in [0.29, 0.717) is 58.0 Å². The molecular weight excluding hydrogens is 899 g/mol. The number of aliphatic hydroxyl groups excluding tert-OH is 2. The molecule has 6 aliphatic heterocycles. The summed E-state index contributed by atoms with van der Waals surface area (Å²) < 4.78 is 18.2. The molecule has 2 unspecified atom stereocenters. The number of carbonyl (C=O) groups is 5. The minimum atomic E-state index is -1.94. The third kappa shape index (κ3) is 11.2. The number of piperidine rings is 1. The molecule has 1 aromatic carbocycles. The number of carbonyl (C=O) groups excluding carboxylic acids is 5. The van der Waals surface area contributed by atoms with Crippen LogP contribution >= 0.6 is 0 Å². The number of piperazine rings is 1. The van der Waals surface area contributed by atoms with Gasteiger partial charge in [0.25, 0.3) is 11.7 Å². The first-order valence-corrected chi connectivity index (χ1v) is 24.8. The molecule has 0 saturated carbocycles. The van der Waals surface area contributed by atoms with Crippen LogP contribution in [0.15, 0.2) is 52.5 Å². The first-order chi connectivity index (χ1) is 33.1. The maximum Gasteiger partial charge on any atom is 0.315 e. The molecule has 8 rings (SSSR count). The number of phenols is 1. The highest BCUT2D eigenvalue weighted by Crippen LogP contribution is 2.50. The van der Waals surface area contributed by atoms with Crippen molar-refractivity contribution in [3.8, 4) is 11.5 Å². The lowest BCUT2D eigenvalue weighted by molar-refractivity contribution is -0.155. The number of esters is 1. The Hall–Kier alpha value is -5.40. The van der Waals surface area contributed by atoms with Gasteiger partial charge >= 0.3 is 11.8 Å². The standard InChI is InChI=1S/C52H73N7O11/c1-30(2)29-58-18-16-52(17-19-58)54-42-39-40-46(64)34(6)48-41(39)49(66)51(7,70-48)68-26-11-10-15-35(69-38(62)28-37(61)59-24-22-57(23-25-59)21-20-56(8)9)27-36(60)33(5)45(63)31(3)13-12-14-32(4)50(67)53-44(47(40)65)43(42)55-52/h11-14,26,30-31,33,35-36,45,55,60,63-64H,10,15-25,27-29H2,1-9H3,(H,53,67)/b13-12+,26-11+,32-14-/t31?,33-,35+,36?,45-,51-/m0/s1. The van der Waals surface area contributed by atoms with Gasteiger partial charge in [0.1, 0.15) is 35.4 Å². The Kier molecular flexibility index (Phi) is 16.1. The Morgan fingerprint density at radius 2 is 1.69 bits per heavy atom. The number of benzene rings is 1. The van der Waals surface area contributed by atoms with Crippen LogP contribution in [0.3, 0.4) is 0 Å². The largest absolute Gasteiger partial charge is 0.507 e. The van der Waals surface area contributed by atoms with E-state index in [0.717, 1.165) is 19.6 Å². The number of phenolic OH excluding ortho intramolecular Hbond substituents is 1. The van der Waals surface area contributed by atoms with Crippen molar-refractivity contribution in [1.29, 1.82) is 0 Å². The molecule has 18 nitrogen and oxygen atoms in total. The SMILES string of the molecule is C/C1=C/C=C/C(C)[C@H](O)[C@@H](C)C(O)C[C@H](OC(=O)CC(=O)N2CCN(CCN(C)C)CC2)CC/C=C/O[C@@]2(C)Oc3c(C)c(O)c4c(c3C2=O)C2=NC3(CCN(CC(C)C)CC3)NC2=C(NC1=O)C4=O. The number of likely N-dealkylation sites (N-methyl/N-ethyl adjacent to an activating group) is 1. The molecule has 2 amide bonds. The van der Waals surface area contributed by atoms with Gasteiger partial charge in [-0.25, -0.2) is 0 Å². The summed E-state index contributed by atoms with van der Waals surface area (Å²) in [5, 5.41) is 41.0. The lowest BCUT2D eigenvalue weighted by Crippen LogP contribution is -2.50. The number of rotatable bonds is 8. The van der Waals surface area contributed by atoms with Crippen molar-refractivity contribution in [2.75, 3.05) is 73.0 Å². The van der Waals surface area contributed by atoms with E-state index in [4.69, 9.17) is 19.2 Å². The topological polar surface area (TPSA) is 223 Å². The molecule has 70 heavy (non-hydrogen) atoms. The molecule has 0 radical (unpaired) electrons. The molecule has 6 heterocycles. The molecule has 382 valence electrons. The quantitative estimate of drug-likeness (QED) is 0.186. The zero-order valence-corrected chi connectivity index (χ0v) is 42.3. The predicted molar refractivity (Wildman–Crippen MR) is 262 cm³/mol. The van der Waals surface area contributed by atoms with Crippen LogP contribution in [0.5, 0.6) is 11.5 Å². The van der Waals surface area contributed by atoms with Crippen molar-refractivity contribution in [2.45, 2.75) is 117 Å². The van der Waals surface area contributed by atoms with Gasteiger partial charge in [-0.3, -0.25) is 33.9 Å². The van der Waals surface area contributed by atoms with E-state index in [-0.39, 0.29) is 75.9 Å². The van der Waals surface area contributed by atoms with Crippen molar-refractivity contribution in [3.05, 3.63) is 69.8 Å². The number of hydrogen-bond acceptors (Lipinski definition) is 16. The van der Waals surface area contributed by atoms with Gasteiger partial charge in [0.2, 0.25) is 11.7 Å². The molecule has 6 atom stereocenters. The maximum absolute atomic E-state index is 14.8. The van der Waals surface area contributed by atoms with Crippen molar-refractivity contribution in [2.24, 2.45) is 22.7 Å². The fraction of sp³-hybridized carbons (Fsp3) is 0.615. The Morgan fingerprint density at radius 3 is 2.36 bits per heavy atom. The van der Waals surface area contributed by atoms with Gasteiger partial charge in [0.15, 0.2) is 0 Å². The van der Waals surface area contributed by atoms with Crippen molar-refractivity contribution >= 4 is 35.1 Å². The number of aliphatic imine (C=N–C) groups is 1. The molecule has 2 saturated heterocycles. The number of allylic oxidation sites excluding steroid dienone is 5. The van der Waals surface area contributed by atoms with Crippen LogP contribution in [0.1, 0.15) is 112 Å². The van der Waals surface area contributed by atoms with Crippen LogP contribution in [-0.2, 0) is 23.9 Å². The number of aliphatic hydroxyl groups is 2. The first-order valence-electron chi connectivity index (χ1n) is 24.8. The summed E-state index contributed by atoms with van der Waals surface area (Å²) in [5.41, 5.74) is -0.188. The Balaban J connectivity index is 1.17. The number of Topliss-reactive ketones (excluding diaryl/α,β-unsaturated/α-hetero) is 2. The third-order valence-electron chi connectivity index (χ3n) is 14.5. The minimum absolute atomic E-state index is 0.0232. The average molecular weight is 972 g/mol. The van der Waals surface area contributed by atoms with Crippen molar-refractivity contribution < 1.29 is 53.5 Å². The summed E-state index contributed by atoms with van der Waals surface area (Å²) in [5.74, 6) is -6.03. The zero-order valence-electron chi connectivity index (χ0n) is 42.3. The van der Waals surface area contributed by atoms with Gasteiger partial charge in [0, 0.05) is 114 Å². The number of nitrogens with zero attached hydrogens (tertiary/aromatic N) is 5. The number of ketones is 2. The van der Waals surface area contributed by atoms with Crippen LogP contribution in [0.2, 0.25) is 0 Å². The molecule has 7 aliphatic rings. The maximum atomic E-state index is 14.8. The summed E-state index contributed by atoms with van der Waals surface area (Å²) in [4.78, 5) is 83.7. The van der Waals surface area contributed by atoms with E-state index in [1.165, 1.54) is 20.1 Å². The van der Waals surface area contributed by atoms with Gasteiger partial charge in [-0.2, -0.15) is 0 Å². The van der Waals surface area contributed by atoms with Crippen LogP contribution in [0.25, 0.3) is 0 Å². The van der Waals surface area contributed by atoms with Crippen molar-refractivity contribution in [1.82, 2.24) is 30.2 Å². The summed E-state index contributed by atoms with van der Waals surface area (Å²) in [6, 6.07) is 0. The third-order valence-corrected chi connectivity index (χ3v) is 14.5. The highest BCUT2D eigenvalue weighted by molar-refractivity contribution is 6.34. The van der Waals surface area contributed by atoms with E-state index in [1.807, 2.05) is 14.1 Å². The average Bonchev–Trinajstić information content (AvgIpc) is 3.81. The first kappa shape index (κ1) is 52.4. The van der Waals surface area contributed by atoms with Crippen LogP contribution in [0.4, 0.5) is 0 Å². The molecule has 5 N–H and O–H groups in total. The monoisotopic (exact) mass is 972 g/mol. The Morgan fingerprint density at radius 1 is 0.986 bits per heavy atom. The highest BCUT2D eigenvalue weighted by atomic mass is 16.7. The second-order valence-corrected chi connectivity index (χ2v) is 20.8. The summed E-state index contributed by atoms with van der Waals surface area (Å²) >= 11 is 0. The van der Waals surface area contributed by atoms with E-state index in [2.05, 4.69) is 39.2 Å². The molecule has 0 aromatic heterocycles. The second kappa shape index (κ2) is 21.5. The van der Waals surface area contributed by atoms with E-state index in [9.17, 15) is 39.3 Å². The molecule has 1 aromatic rings. The predicted octanol–water partition coefficient (Wildman–Crippen LogP) is 3.57. The second-order valence-electron chi connectivity index (χ2n) is 20.8. The van der Waals surface area contributed by atoms with Gasteiger partial charge < -0.3 is 54.9 Å². The van der Waals surface area contributed by atoms with Gasteiger partial charge in [-0.15, -0.1) is 0 Å². The van der Waals surface area contributed by atoms with E-state index < -0.39 is 77.2 Å². The fourth-order valence-electron chi connectivity index (χ4n) is 10.1. The number of nitrogens with one attached hydrogen (secondary N) is 2. The molecule has 18 heteroatoms. The molecular formula is C52H73N7O11. The van der Waals surface area contributed by atoms with Gasteiger partial charge in [0.05, 0.1) is 41.0 Å². The van der Waals surface area contributed by atoms with Gasteiger partial charge in [-0.1, -0.05) is 45.9 Å². The summed E-state index contributed by atoms with van der Waals surface area (Å²) in [6.45, 7) is 18.9. The molecule has 5 bridgehead atoms. The van der Waals surface area contributed by atoms with Crippen LogP contribution in [-0.4, -0.2) is 173 Å². The normalized spacial score (nSPS) is 29.5. The molecule has 2 fully saturated rings. The number of aromatic hydroxyl groups is 1. The summed E-state index contributed by atoms with van der Waals surface area (Å²) in [7, 11) is 4.03. The van der Waals surface area contributed by atoms with E-state index in [1.54, 1.807) is 50.0 Å². The fourth-order valence-corrected chi connectivity index (χ4v) is 10.1. The lowest BCUT2D eigenvalue weighted by Gasteiger charge is -2.38. The zero-order chi connectivity index (χ0) is 50.8. The Labute approximate surface area is 411 Å². The summed E-state index contributed by atoms with van der Waals surface area (Å²) in [6.07, 6.45) is 5.86. The Bertz CT molecular complexity index is 2370. The number of ether oxygens (including phenoxy) is 3. The highest BCUT2D eigenvalue weighted by Gasteiger charge is 2.54. The van der Waals surface area contributed by atoms with Crippen molar-refractivity contribution in [3.63, 3.8) is 0 Å². The lowest BCUT2D eigenvalue weighted by atomic mass is 9.82. The van der Waals surface area contributed by atoms with Crippen LogP contribution in [0, 0.1) is 24.7 Å². The number of hydrogen-bond donors (Lipinski definition) is 5. The van der Waals surface area contributed by atoms with Gasteiger partial charge in [-0.05, 0) is 52.8 Å². The number of fused-ring (bicyclic) bond motifs is 13.